The Kier molecular flexibility index (Phi) is 8.29. The van der Waals surface area contributed by atoms with Gasteiger partial charge < -0.3 is 0 Å². The van der Waals surface area contributed by atoms with Crippen molar-refractivity contribution in [3.05, 3.63) is 54.3 Å². The van der Waals surface area contributed by atoms with Crippen molar-refractivity contribution in [3.8, 4) is 0 Å². The third-order valence-electron chi connectivity index (χ3n) is 2.70. The van der Waals surface area contributed by atoms with E-state index in [9.17, 15) is 4.57 Å². The average molecular weight is 310 g/mol. The van der Waals surface area contributed by atoms with E-state index in [2.05, 4.69) is 12.3 Å². The summed E-state index contributed by atoms with van der Waals surface area (Å²) in [6.07, 6.45) is 2.68. The van der Waals surface area contributed by atoms with E-state index in [0.29, 0.717) is 6.42 Å². The van der Waals surface area contributed by atoms with Gasteiger partial charge in [0, 0.05) is 0 Å². The predicted molar refractivity (Wildman–Crippen MR) is 84.2 cm³/mol. The van der Waals surface area contributed by atoms with Gasteiger partial charge in [-0.15, -0.1) is 5.73 Å². The predicted octanol–water partition coefficient (Wildman–Crippen LogP) is 4.53. The molecule has 0 aliphatic heterocycles. The quantitative estimate of drug-likeness (QED) is 0.470. The molecule has 0 radical (unpaired) electrons. The summed E-state index contributed by atoms with van der Waals surface area (Å²) >= 11 is 0. The van der Waals surface area contributed by atoms with Crippen molar-refractivity contribution in [2.24, 2.45) is 0 Å². The van der Waals surface area contributed by atoms with E-state index < -0.39 is 13.9 Å². The van der Waals surface area contributed by atoms with Crippen LogP contribution in [-0.2, 0) is 24.6 Å². The van der Waals surface area contributed by atoms with Gasteiger partial charge in [0.25, 0.3) is 0 Å². The van der Waals surface area contributed by atoms with Crippen LogP contribution in [0.3, 0.4) is 0 Å². The van der Waals surface area contributed by atoms with Gasteiger partial charge in [-0.05, 0) is 38.3 Å². The maximum atomic E-state index is 12.4. The molecule has 0 aromatic heterocycles. The summed E-state index contributed by atoms with van der Waals surface area (Å²) in [7, 11) is -3.53. The Morgan fingerprint density at radius 3 is 2.38 bits per heavy atom. The Bertz CT molecular complexity index is 484. The van der Waals surface area contributed by atoms with Gasteiger partial charge >= 0.3 is 7.82 Å². The van der Waals surface area contributed by atoms with Crippen molar-refractivity contribution >= 4 is 7.82 Å². The molecule has 4 nitrogen and oxygen atoms in total. The Hall–Kier alpha value is -1.15. The minimum absolute atomic E-state index is 0.264. The molecule has 1 aromatic rings. The molecule has 0 amide bonds. The topological polar surface area (TPSA) is 44.8 Å². The minimum atomic E-state index is -3.53. The van der Waals surface area contributed by atoms with E-state index in [1.54, 1.807) is 19.9 Å². The molecule has 5 heteroatoms. The number of hydrogen-bond acceptors (Lipinski definition) is 4. The zero-order valence-electron chi connectivity index (χ0n) is 12.7. The lowest BCUT2D eigenvalue weighted by atomic mass is 10.1. The molecule has 1 rings (SSSR count). The Balaban J connectivity index is 2.67. The van der Waals surface area contributed by atoms with E-state index in [1.807, 2.05) is 30.3 Å². The SMILES string of the molecule is C=C=CC(CCc1ccccc1)OP(=O)(OCC)OCC. The summed E-state index contributed by atoms with van der Waals surface area (Å²) in [5, 5.41) is 0. The summed E-state index contributed by atoms with van der Waals surface area (Å²) in [5.74, 6) is 0. The van der Waals surface area contributed by atoms with Crippen LogP contribution in [0.15, 0.2) is 48.7 Å². The molecule has 21 heavy (non-hydrogen) atoms. The van der Waals surface area contributed by atoms with E-state index in [4.69, 9.17) is 13.6 Å². The highest BCUT2D eigenvalue weighted by molar-refractivity contribution is 7.48. The van der Waals surface area contributed by atoms with E-state index in [1.165, 1.54) is 5.56 Å². The normalized spacial score (nSPS) is 12.7. The highest BCUT2D eigenvalue weighted by atomic mass is 31.2. The second-order valence-electron chi connectivity index (χ2n) is 4.32. The molecule has 0 spiro atoms. The lowest BCUT2D eigenvalue weighted by Gasteiger charge is -2.21. The van der Waals surface area contributed by atoms with Crippen LogP contribution in [0, 0.1) is 0 Å². The van der Waals surface area contributed by atoms with Crippen molar-refractivity contribution in [3.63, 3.8) is 0 Å². The Labute approximate surface area is 127 Å². The molecule has 0 heterocycles. The van der Waals surface area contributed by atoms with Crippen LogP contribution in [0.5, 0.6) is 0 Å². The molecular weight excluding hydrogens is 287 g/mol. The fourth-order valence-corrected chi connectivity index (χ4v) is 3.16. The van der Waals surface area contributed by atoms with Gasteiger partial charge in [-0.1, -0.05) is 36.9 Å². The van der Waals surface area contributed by atoms with Gasteiger partial charge in [0.1, 0.15) is 0 Å². The van der Waals surface area contributed by atoms with Crippen molar-refractivity contribution in [1.29, 1.82) is 0 Å². The highest BCUT2D eigenvalue weighted by Crippen LogP contribution is 2.50. The van der Waals surface area contributed by atoms with Crippen LogP contribution in [0.25, 0.3) is 0 Å². The third kappa shape index (κ3) is 6.90. The van der Waals surface area contributed by atoms with Crippen molar-refractivity contribution in [2.45, 2.75) is 32.8 Å². The van der Waals surface area contributed by atoms with Crippen LogP contribution in [0.4, 0.5) is 0 Å². The first-order valence-electron chi connectivity index (χ1n) is 7.11. The molecule has 1 atom stereocenters. The summed E-state index contributed by atoms with van der Waals surface area (Å²) in [6, 6.07) is 10.0. The molecular formula is C16H23O4P. The minimum Gasteiger partial charge on any atom is -0.287 e. The fraction of sp³-hybridized carbons (Fsp3) is 0.438. The van der Waals surface area contributed by atoms with Crippen LogP contribution in [0.1, 0.15) is 25.8 Å². The molecule has 1 unspecified atom stereocenters. The molecule has 0 saturated heterocycles. The second-order valence-corrected chi connectivity index (χ2v) is 5.94. The van der Waals surface area contributed by atoms with E-state index in [-0.39, 0.29) is 13.2 Å². The number of rotatable bonds is 10. The molecule has 1 aromatic carbocycles. The van der Waals surface area contributed by atoms with Crippen molar-refractivity contribution in [1.82, 2.24) is 0 Å². The van der Waals surface area contributed by atoms with E-state index >= 15 is 0 Å². The van der Waals surface area contributed by atoms with Crippen LogP contribution in [0.2, 0.25) is 0 Å². The largest absolute Gasteiger partial charge is 0.475 e. The zero-order valence-corrected chi connectivity index (χ0v) is 13.6. The maximum absolute atomic E-state index is 12.4. The summed E-state index contributed by atoms with van der Waals surface area (Å²) in [6.45, 7) is 7.57. The van der Waals surface area contributed by atoms with Crippen molar-refractivity contribution in [2.75, 3.05) is 13.2 Å². The lowest BCUT2D eigenvalue weighted by molar-refractivity contribution is 0.0978. The summed E-state index contributed by atoms with van der Waals surface area (Å²) < 4.78 is 28.2. The molecule has 0 saturated carbocycles. The summed E-state index contributed by atoms with van der Waals surface area (Å²) in [5.41, 5.74) is 3.86. The third-order valence-corrected chi connectivity index (χ3v) is 4.38. The number of benzene rings is 1. The first-order valence-corrected chi connectivity index (χ1v) is 8.57. The fourth-order valence-electron chi connectivity index (χ4n) is 1.83. The van der Waals surface area contributed by atoms with Gasteiger partial charge in [0.2, 0.25) is 0 Å². The number of hydrogen-bond donors (Lipinski definition) is 0. The number of phosphoric ester groups is 1. The molecule has 0 aliphatic rings. The van der Waals surface area contributed by atoms with Gasteiger partial charge in [-0.25, -0.2) is 4.57 Å². The number of aryl methyl sites for hydroxylation is 1. The van der Waals surface area contributed by atoms with Crippen LogP contribution in [-0.4, -0.2) is 19.3 Å². The summed E-state index contributed by atoms with van der Waals surface area (Å²) in [4.78, 5) is 0. The van der Waals surface area contributed by atoms with Crippen molar-refractivity contribution < 1.29 is 18.1 Å². The maximum Gasteiger partial charge on any atom is 0.475 e. The van der Waals surface area contributed by atoms with E-state index in [0.717, 1.165) is 6.42 Å². The van der Waals surface area contributed by atoms with Crippen LogP contribution < -0.4 is 0 Å². The molecule has 0 N–H and O–H groups in total. The first-order chi connectivity index (χ1) is 10.1. The average Bonchev–Trinajstić information content (AvgIpc) is 2.46. The monoisotopic (exact) mass is 310 g/mol. The molecule has 0 fully saturated rings. The van der Waals surface area contributed by atoms with Crippen LogP contribution >= 0.6 is 7.82 Å². The van der Waals surface area contributed by atoms with Gasteiger partial charge in [0.15, 0.2) is 0 Å². The van der Waals surface area contributed by atoms with Gasteiger partial charge in [-0.2, -0.15) is 0 Å². The second kappa shape index (κ2) is 9.73. The molecule has 0 aliphatic carbocycles. The smallest absolute Gasteiger partial charge is 0.287 e. The zero-order chi connectivity index (χ0) is 15.6. The van der Waals surface area contributed by atoms with Gasteiger partial charge in [0.05, 0.1) is 19.3 Å². The molecule has 116 valence electrons. The lowest BCUT2D eigenvalue weighted by Crippen LogP contribution is -2.12. The first kappa shape index (κ1) is 17.9. The number of phosphoric acid groups is 1. The Morgan fingerprint density at radius 2 is 1.86 bits per heavy atom. The molecule has 0 bridgehead atoms. The Morgan fingerprint density at radius 1 is 1.24 bits per heavy atom. The standard InChI is InChI=1S/C16H23O4P/c1-4-10-16(14-13-15-11-8-7-9-12-15)20-21(17,18-5-2)19-6-3/h7-12,16H,1,5-6,13-14H2,2-3H3. The van der Waals surface area contributed by atoms with Gasteiger partial charge in [-0.3, -0.25) is 13.6 Å². The highest BCUT2D eigenvalue weighted by Gasteiger charge is 2.28.